The van der Waals surface area contributed by atoms with Crippen molar-refractivity contribution < 1.29 is 33.7 Å². The van der Waals surface area contributed by atoms with E-state index in [0.29, 0.717) is 22.7 Å². The Balaban J connectivity index is 2.15. The van der Waals surface area contributed by atoms with Gasteiger partial charge < -0.3 is 24.3 Å². The number of aliphatic carboxylic acids is 1. The fourth-order valence-corrected chi connectivity index (χ4v) is 3.54. The molecule has 3 aromatic rings. The van der Waals surface area contributed by atoms with Crippen LogP contribution in [0.25, 0.3) is 22.4 Å². The van der Waals surface area contributed by atoms with Crippen LogP contribution in [0.5, 0.6) is 11.5 Å². The molecule has 0 saturated carbocycles. The van der Waals surface area contributed by atoms with Crippen LogP contribution >= 0.6 is 0 Å². The normalized spacial score (nSPS) is 11.2. The zero-order valence-electron chi connectivity index (χ0n) is 18.2. The van der Waals surface area contributed by atoms with Gasteiger partial charge in [-0.25, -0.2) is 9.78 Å². The Labute approximate surface area is 184 Å². The standard InChI is InChI=1S/C23H24N2O7/c1-5-23(6-2,21(27)28)22(29)32-16-12-11-14-18(17(16)20(26)31-4)25-19(24-14)13-9-7-8-10-15(13)30-3/h7-12H,5-6H2,1-4H3,(H,24,25)(H,27,28). The molecule has 0 aliphatic carbocycles. The summed E-state index contributed by atoms with van der Waals surface area (Å²) in [6.07, 6.45) is 0.0711. The molecule has 9 heteroatoms. The Bertz CT molecular complexity index is 1180. The van der Waals surface area contributed by atoms with E-state index in [1.807, 2.05) is 12.1 Å². The maximum absolute atomic E-state index is 12.8. The summed E-state index contributed by atoms with van der Waals surface area (Å²) >= 11 is 0. The number of nitrogens with zero attached hydrogens (tertiary/aromatic N) is 1. The third-order valence-corrected chi connectivity index (χ3v) is 5.58. The third kappa shape index (κ3) is 3.77. The van der Waals surface area contributed by atoms with Crippen LogP contribution in [0.4, 0.5) is 0 Å². The molecule has 0 radical (unpaired) electrons. The molecule has 0 aliphatic heterocycles. The molecule has 168 valence electrons. The molecule has 0 fully saturated rings. The number of carboxylic acid groups (broad SMARTS) is 1. The maximum Gasteiger partial charge on any atom is 0.343 e. The largest absolute Gasteiger partial charge is 0.496 e. The van der Waals surface area contributed by atoms with Gasteiger partial charge in [0.1, 0.15) is 28.4 Å². The Morgan fingerprint density at radius 2 is 1.72 bits per heavy atom. The lowest BCUT2D eigenvalue weighted by atomic mass is 9.82. The first kappa shape index (κ1) is 22.8. The second-order valence-corrected chi connectivity index (χ2v) is 7.10. The number of carboxylic acids is 1. The number of fused-ring (bicyclic) bond motifs is 1. The van der Waals surface area contributed by atoms with E-state index < -0.39 is 23.3 Å². The number of carbonyl (C=O) groups excluding carboxylic acids is 2. The van der Waals surface area contributed by atoms with Gasteiger partial charge in [-0.2, -0.15) is 0 Å². The van der Waals surface area contributed by atoms with Crippen molar-refractivity contribution in [1.29, 1.82) is 0 Å². The average molecular weight is 440 g/mol. The molecular formula is C23H24N2O7. The van der Waals surface area contributed by atoms with E-state index in [2.05, 4.69) is 9.97 Å². The molecule has 0 atom stereocenters. The summed E-state index contributed by atoms with van der Waals surface area (Å²) in [5.41, 5.74) is -0.417. The van der Waals surface area contributed by atoms with Crippen molar-refractivity contribution in [3.63, 3.8) is 0 Å². The zero-order valence-corrected chi connectivity index (χ0v) is 18.2. The van der Waals surface area contributed by atoms with E-state index >= 15 is 0 Å². The monoisotopic (exact) mass is 440 g/mol. The number of aromatic amines is 1. The van der Waals surface area contributed by atoms with E-state index in [1.54, 1.807) is 32.0 Å². The van der Waals surface area contributed by atoms with Crippen LogP contribution in [0, 0.1) is 5.41 Å². The summed E-state index contributed by atoms with van der Waals surface area (Å²) in [7, 11) is 2.73. The quantitative estimate of drug-likeness (QED) is 0.307. The molecule has 32 heavy (non-hydrogen) atoms. The number of imidazole rings is 1. The van der Waals surface area contributed by atoms with Gasteiger partial charge >= 0.3 is 17.9 Å². The Morgan fingerprint density at radius 1 is 1.03 bits per heavy atom. The van der Waals surface area contributed by atoms with Crippen LogP contribution in [0.3, 0.4) is 0 Å². The minimum atomic E-state index is -1.73. The van der Waals surface area contributed by atoms with Crippen LogP contribution in [-0.2, 0) is 14.3 Å². The third-order valence-electron chi connectivity index (χ3n) is 5.58. The number of esters is 2. The Kier molecular flexibility index (Phi) is 6.47. The predicted octanol–water partition coefficient (Wildman–Crippen LogP) is 3.82. The van der Waals surface area contributed by atoms with Crippen molar-refractivity contribution in [3.05, 3.63) is 42.0 Å². The smallest absolute Gasteiger partial charge is 0.343 e. The fraction of sp³-hybridized carbons (Fsp3) is 0.304. The number of H-pyrrole nitrogens is 1. The number of hydrogen-bond donors (Lipinski definition) is 2. The van der Waals surface area contributed by atoms with Crippen LogP contribution in [0.15, 0.2) is 36.4 Å². The lowest BCUT2D eigenvalue weighted by molar-refractivity contribution is -0.163. The Morgan fingerprint density at radius 3 is 2.31 bits per heavy atom. The van der Waals surface area contributed by atoms with Crippen LogP contribution < -0.4 is 9.47 Å². The molecule has 0 saturated heterocycles. The first-order valence-electron chi connectivity index (χ1n) is 10.0. The molecule has 3 rings (SSSR count). The highest BCUT2D eigenvalue weighted by Crippen LogP contribution is 2.35. The summed E-state index contributed by atoms with van der Waals surface area (Å²) in [5, 5.41) is 9.63. The van der Waals surface area contributed by atoms with Crippen molar-refractivity contribution in [2.45, 2.75) is 26.7 Å². The summed E-state index contributed by atoms with van der Waals surface area (Å²) in [4.78, 5) is 44.9. The first-order chi connectivity index (χ1) is 15.3. The van der Waals surface area contributed by atoms with E-state index in [9.17, 15) is 19.5 Å². The van der Waals surface area contributed by atoms with Gasteiger partial charge in [-0.05, 0) is 37.1 Å². The minimum Gasteiger partial charge on any atom is -0.496 e. The van der Waals surface area contributed by atoms with Crippen LogP contribution in [0.1, 0.15) is 37.0 Å². The van der Waals surface area contributed by atoms with E-state index in [0.717, 1.165) is 0 Å². The SMILES string of the molecule is CCC(CC)(C(=O)O)C(=O)Oc1ccc2[nH]c(-c3ccccc3OC)nc2c1C(=O)OC. The van der Waals surface area contributed by atoms with Crippen molar-refractivity contribution in [2.24, 2.45) is 5.41 Å². The van der Waals surface area contributed by atoms with E-state index in [4.69, 9.17) is 14.2 Å². The number of benzene rings is 2. The molecule has 0 aliphatic rings. The van der Waals surface area contributed by atoms with Gasteiger partial charge in [0, 0.05) is 0 Å². The first-order valence-corrected chi connectivity index (χ1v) is 10.0. The van der Waals surface area contributed by atoms with Gasteiger partial charge in [-0.1, -0.05) is 26.0 Å². The molecule has 0 amide bonds. The number of aromatic nitrogens is 2. The average Bonchev–Trinajstić information content (AvgIpc) is 3.23. The summed E-state index contributed by atoms with van der Waals surface area (Å²) in [6.45, 7) is 3.19. The number of ether oxygens (including phenoxy) is 3. The second-order valence-electron chi connectivity index (χ2n) is 7.10. The highest BCUT2D eigenvalue weighted by molar-refractivity contribution is 6.07. The predicted molar refractivity (Wildman–Crippen MR) is 116 cm³/mol. The highest BCUT2D eigenvalue weighted by Gasteiger charge is 2.45. The van der Waals surface area contributed by atoms with Gasteiger partial charge in [-0.15, -0.1) is 0 Å². The number of carbonyl (C=O) groups is 3. The number of methoxy groups -OCH3 is 2. The van der Waals surface area contributed by atoms with Crippen LogP contribution in [0.2, 0.25) is 0 Å². The molecule has 0 unspecified atom stereocenters. The highest BCUT2D eigenvalue weighted by atomic mass is 16.5. The number of nitrogens with one attached hydrogen (secondary N) is 1. The van der Waals surface area contributed by atoms with Crippen molar-refractivity contribution in [1.82, 2.24) is 9.97 Å². The van der Waals surface area contributed by atoms with E-state index in [-0.39, 0.29) is 29.7 Å². The van der Waals surface area contributed by atoms with Crippen LogP contribution in [-0.4, -0.2) is 47.2 Å². The minimum absolute atomic E-state index is 0.0355. The summed E-state index contributed by atoms with van der Waals surface area (Å²) in [5.74, 6) is -2.13. The maximum atomic E-state index is 12.8. The molecular weight excluding hydrogens is 416 g/mol. The van der Waals surface area contributed by atoms with E-state index in [1.165, 1.54) is 20.3 Å². The lowest BCUT2D eigenvalue weighted by Gasteiger charge is -2.24. The number of hydrogen-bond acceptors (Lipinski definition) is 7. The molecule has 2 aromatic carbocycles. The topological polar surface area (TPSA) is 128 Å². The number of rotatable bonds is 8. The van der Waals surface area contributed by atoms with Gasteiger partial charge in [0.2, 0.25) is 0 Å². The molecule has 1 aromatic heterocycles. The lowest BCUT2D eigenvalue weighted by Crippen LogP contribution is -2.41. The fourth-order valence-electron chi connectivity index (χ4n) is 3.54. The summed E-state index contributed by atoms with van der Waals surface area (Å²) < 4.78 is 15.7. The van der Waals surface area contributed by atoms with Crippen molar-refractivity contribution >= 4 is 28.9 Å². The molecule has 0 spiro atoms. The zero-order chi connectivity index (χ0) is 23.5. The second kappa shape index (κ2) is 9.09. The van der Waals surface area contributed by atoms with Crippen molar-refractivity contribution in [3.8, 4) is 22.9 Å². The molecule has 0 bridgehead atoms. The van der Waals surface area contributed by atoms with Gasteiger partial charge in [0.15, 0.2) is 5.41 Å². The van der Waals surface area contributed by atoms with Gasteiger partial charge in [-0.3, -0.25) is 9.59 Å². The molecule has 9 nitrogen and oxygen atoms in total. The van der Waals surface area contributed by atoms with Gasteiger partial charge in [0.05, 0.1) is 25.3 Å². The number of para-hydroxylation sites is 1. The molecule has 1 heterocycles. The van der Waals surface area contributed by atoms with Crippen molar-refractivity contribution in [2.75, 3.05) is 14.2 Å². The Hall–Kier alpha value is -3.88. The van der Waals surface area contributed by atoms with Gasteiger partial charge in [0.25, 0.3) is 0 Å². The summed E-state index contributed by atoms with van der Waals surface area (Å²) in [6, 6.07) is 10.2. The molecule has 2 N–H and O–H groups in total.